The molecule has 2 fully saturated rings. The number of nitrogens with two attached hydrogens (primary N) is 1. The van der Waals surface area contributed by atoms with Crippen LogP contribution >= 0.6 is 0 Å². The maximum absolute atomic E-state index is 11.9. The van der Waals surface area contributed by atoms with Gasteiger partial charge >= 0.3 is 0 Å². The van der Waals surface area contributed by atoms with Crippen LogP contribution < -0.4 is 11.1 Å². The lowest BCUT2D eigenvalue weighted by atomic mass is 9.86. The first-order chi connectivity index (χ1) is 8.15. The molecule has 0 aromatic heterocycles. The van der Waals surface area contributed by atoms with Crippen molar-refractivity contribution in [2.75, 3.05) is 19.6 Å². The predicted molar refractivity (Wildman–Crippen MR) is 68.6 cm³/mol. The summed E-state index contributed by atoms with van der Waals surface area (Å²) in [5.74, 6) is 0.811. The van der Waals surface area contributed by atoms with Crippen molar-refractivity contribution in [3.8, 4) is 0 Å². The van der Waals surface area contributed by atoms with Gasteiger partial charge < -0.3 is 11.1 Å². The van der Waals surface area contributed by atoms with E-state index in [4.69, 9.17) is 5.73 Å². The molecule has 4 heteroatoms. The Labute approximate surface area is 104 Å². The van der Waals surface area contributed by atoms with E-state index in [2.05, 4.69) is 17.1 Å². The summed E-state index contributed by atoms with van der Waals surface area (Å²) in [5.41, 5.74) is 5.83. The van der Waals surface area contributed by atoms with Gasteiger partial charge in [-0.15, -0.1) is 0 Å². The van der Waals surface area contributed by atoms with Crippen molar-refractivity contribution >= 4 is 5.91 Å². The minimum atomic E-state index is 0.179. The number of carbonyl (C=O) groups is 1. The first-order valence-electron chi connectivity index (χ1n) is 6.92. The molecule has 98 valence electrons. The molecule has 2 unspecified atom stereocenters. The van der Waals surface area contributed by atoms with E-state index in [0.29, 0.717) is 18.5 Å². The van der Waals surface area contributed by atoms with Gasteiger partial charge in [-0.25, -0.2) is 0 Å². The molecule has 1 amide bonds. The molecule has 4 nitrogen and oxygen atoms in total. The highest BCUT2D eigenvalue weighted by atomic mass is 16.2. The van der Waals surface area contributed by atoms with Crippen LogP contribution in [0.25, 0.3) is 0 Å². The fourth-order valence-electron chi connectivity index (χ4n) is 2.99. The van der Waals surface area contributed by atoms with Crippen molar-refractivity contribution in [1.82, 2.24) is 10.2 Å². The van der Waals surface area contributed by atoms with Crippen LogP contribution in [0.15, 0.2) is 0 Å². The molecule has 2 rings (SSSR count). The summed E-state index contributed by atoms with van der Waals surface area (Å²) in [6, 6.07) is 0.656. The molecule has 0 bridgehead atoms. The summed E-state index contributed by atoms with van der Waals surface area (Å²) in [6.07, 6.45) is 5.98. The normalized spacial score (nSPS) is 34.8. The third-order valence-corrected chi connectivity index (χ3v) is 4.13. The van der Waals surface area contributed by atoms with Crippen molar-refractivity contribution in [2.45, 2.75) is 51.1 Å². The van der Waals surface area contributed by atoms with Gasteiger partial charge in [-0.05, 0) is 25.2 Å². The standard InChI is InChI=1S/C13H25N3O/c1-10-4-2-3-5-12(10)15-13(17)9-16-7-6-11(14)8-16/h10-12H,2-9,14H2,1H3,(H,15,17)/t10?,11-,12?/m1/s1. The number of hydrogen-bond acceptors (Lipinski definition) is 3. The molecule has 1 heterocycles. The summed E-state index contributed by atoms with van der Waals surface area (Å²) in [6.45, 7) is 4.61. The minimum absolute atomic E-state index is 0.179. The molecular formula is C13H25N3O. The van der Waals surface area contributed by atoms with Crippen LogP contribution in [0.2, 0.25) is 0 Å². The molecule has 3 N–H and O–H groups in total. The van der Waals surface area contributed by atoms with E-state index in [0.717, 1.165) is 25.9 Å². The summed E-state index contributed by atoms with van der Waals surface area (Å²) in [5, 5.41) is 3.19. The lowest BCUT2D eigenvalue weighted by molar-refractivity contribution is -0.123. The summed E-state index contributed by atoms with van der Waals surface area (Å²) in [7, 11) is 0. The largest absolute Gasteiger partial charge is 0.352 e. The predicted octanol–water partition coefficient (Wildman–Crippen LogP) is 0.714. The molecule has 0 spiro atoms. The molecule has 1 aliphatic heterocycles. The molecule has 0 aromatic rings. The molecule has 1 saturated heterocycles. The Kier molecular flexibility index (Phi) is 4.40. The minimum Gasteiger partial charge on any atom is -0.352 e. The van der Waals surface area contributed by atoms with Crippen LogP contribution in [0.5, 0.6) is 0 Å². The molecule has 17 heavy (non-hydrogen) atoms. The van der Waals surface area contributed by atoms with Crippen LogP contribution in [0.4, 0.5) is 0 Å². The van der Waals surface area contributed by atoms with Gasteiger partial charge in [0.25, 0.3) is 0 Å². The van der Waals surface area contributed by atoms with Crippen LogP contribution in [-0.2, 0) is 4.79 Å². The van der Waals surface area contributed by atoms with Crippen LogP contribution in [0.3, 0.4) is 0 Å². The first-order valence-corrected chi connectivity index (χ1v) is 6.92. The van der Waals surface area contributed by atoms with E-state index < -0.39 is 0 Å². The Morgan fingerprint density at radius 1 is 1.35 bits per heavy atom. The molecule has 0 aromatic carbocycles. The molecule has 1 aliphatic carbocycles. The van der Waals surface area contributed by atoms with Gasteiger partial charge in [0, 0.05) is 25.2 Å². The smallest absolute Gasteiger partial charge is 0.234 e. The van der Waals surface area contributed by atoms with Crippen molar-refractivity contribution < 1.29 is 4.79 Å². The number of likely N-dealkylation sites (tertiary alicyclic amines) is 1. The molecule has 1 saturated carbocycles. The first kappa shape index (κ1) is 12.8. The number of amides is 1. The quantitative estimate of drug-likeness (QED) is 0.763. The lowest BCUT2D eigenvalue weighted by Gasteiger charge is -2.30. The molecule has 3 atom stereocenters. The van der Waals surface area contributed by atoms with Crippen molar-refractivity contribution in [2.24, 2.45) is 11.7 Å². The highest BCUT2D eigenvalue weighted by molar-refractivity contribution is 5.78. The Morgan fingerprint density at radius 2 is 2.12 bits per heavy atom. The Hall–Kier alpha value is -0.610. The van der Waals surface area contributed by atoms with Gasteiger partial charge in [0.1, 0.15) is 0 Å². The number of rotatable bonds is 3. The average Bonchev–Trinajstić information content (AvgIpc) is 2.67. The number of carbonyl (C=O) groups excluding carboxylic acids is 1. The zero-order chi connectivity index (χ0) is 12.3. The van der Waals surface area contributed by atoms with Gasteiger partial charge in [-0.2, -0.15) is 0 Å². The van der Waals surface area contributed by atoms with E-state index in [1.54, 1.807) is 0 Å². The Morgan fingerprint density at radius 3 is 2.76 bits per heavy atom. The zero-order valence-corrected chi connectivity index (χ0v) is 10.8. The average molecular weight is 239 g/mol. The molecule has 0 radical (unpaired) electrons. The van der Waals surface area contributed by atoms with Gasteiger partial charge in [-0.1, -0.05) is 19.8 Å². The van der Waals surface area contributed by atoms with Crippen LogP contribution in [-0.4, -0.2) is 42.5 Å². The maximum Gasteiger partial charge on any atom is 0.234 e. The summed E-state index contributed by atoms with van der Waals surface area (Å²) in [4.78, 5) is 14.1. The fourth-order valence-corrected chi connectivity index (χ4v) is 2.99. The van der Waals surface area contributed by atoms with Gasteiger partial charge in [0.15, 0.2) is 0 Å². The van der Waals surface area contributed by atoms with Gasteiger partial charge in [0.05, 0.1) is 6.54 Å². The third kappa shape index (κ3) is 3.68. The Balaban J connectivity index is 1.73. The highest BCUT2D eigenvalue weighted by Gasteiger charge is 2.25. The van der Waals surface area contributed by atoms with Crippen molar-refractivity contribution in [1.29, 1.82) is 0 Å². The van der Waals surface area contributed by atoms with E-state index in [9.17, 15) is 4.79 Å². The van der Waals surface area contributed by atoms with Crippen molar-refractivity contribution in [3.05, 3.63) is 0 Å². The molecule has 2 aliphatic rings. The van der Waals surface area contributed by atoms with Crippen LogP contribution in [0.1, 0.15) is 39.0 Å². The summed E-state index contributed by atoms with van der Waals surface area (Å²) >= 11 is 0. The zero-order valence-electron chi connectivity index (χ0n) is 10.8. The maximum atomic E-state index is 11.9. The number of nitrogens with zero attached hydrogens (tertiary/aromatic N) is 1. The Bertz CT molecular complexity index is 269. The van der Waals surface area contributed by atoms with Gasteiger partial charge in [0.2, 0.25) is 5.91 Å². The van der Waals surface area contributed by atoms with Gasteiger partial charge in [-0.3, -0.25) is 9.69 Å². The number of hydrogen-bond donors (Lipinski definition) is 2. The topological polar surface area (TPSA) is 58.4 Å². The van der Waals surface area contributed by atoms with E-state index in [1.807, 2.05) is 0 Å². The molecular weight excluding hydrogens is 214 g/mol. The van der Waals surface area contributed by atoms with E-state index in [-0.39, 0.29) is 11.9 Å². The third-order valence-electron chi connectivity index (χ3n) is 4.13. The van der Waals surface area contributed by atoms with Crippen LogP contribution in [0, 0.1) is 5.92 Å². The second kappa shape index (κ2) is 5.83. The fraction of sp³-hybridized carbons (Fsp3) is 0.923. The lowest BCUT2D eigenvalue weighted by Crippen LogP contribution is -2.45. The summed E-state index contributed by atoms with van der Waals surface area (Å²) < 4.78 is 0. The monoisotopic (exact) mass is 239 g/mol. The second-order valence-corrected chi connectivity index (χ2v) is 5.72. The number of nitrogens with one attached hydrogen (secondary N) is 1. The highest BCUT2D eigenvalue weighted by Crippen LogP contribution is 2.23. The second-order valence-electron chi connectivity index (χ2n) is 5.72. The van der Waals surface area contributed by atoms with E-state index in [1.165, 1.54) is 19.3 Å². The van der Waals surface area contributed by atoms with E-state index >= 15 is 0 Å². The SMILES string of the molecule is CC1CCCCC1NC(=O)CN1CC[C@@H](N)C1. The van der Waals surface area contributed by atoms with Crippen molar-refractivity contribution in [3.63, 3.8) is 0 Å².